The van der Waals surface area contributed by atoms with Gasteiger partial charge in [-0.25, -0.2) is 4.79 Å². The molecule has 0 aromatic heterocycles. The molecule has 0 aliphatic carbocycles. The van der Waals surface area contributed by atoms with E-state index in [1.54, 1.807) is 24.1 Å². The van der Waals surface area contributed by atoms with Crippen molar-refractivity contribution in [3.8, 4) is 0 Å². The van der Waals surface area contributed by atoms with Gasteiger partial charge in [-0.15, -0.1) is 0 Å². The second-order valence-corrected chi connectivity index (χ2v) is 4.57. The number of methoxy groups -OCH3 is 1. The first-order chi connectivity index (χ1) is 8.97. The second kappa shape index (κ2) is 6.89. The van der Waals surface area contributed by atoms with Gasteiger partial charge in [-0.2, -0.15) is 0 Å². The number of nitrogens with one attached hydrogen (secondary N) is 1. The van der Waals surface area contributed by atoms with Gasteiger partial charge in [-0.3, -0.25) is 0 Å². The van der Waals surface area contributed by atoms with Gasteiger partial charge < -0.3 is 15.0 Å². The molecule has 102 valence electrons. The van der Waals surface area contributed by atoms with Crippen LogP contribution in [-0.2, 0) is 4.74 Å². The van der Waals surface area contributed by atoms with Gasteiger partial charge in [0, 0.05) is 13.6 Å². The molecule has 0 aliphatic heterocycles. The Hall–Kier alpha value is -1.88. The Bertz CT molecular complexity index is 500. The average molecular weight is 278 g/mol. The maximum Gasteiger partial charge on any atom is 0.339 e. The van der Waals surface area contributed by atoms with Gasteiger partial charge in [0.05, 0.1) is 18.4 Å². The molecule has 0 atom stereocenters. The number of carbonyl (C=O) groups excluding carboxylic acids is 1. The molecule has 0 spiro atoms. The number of hydrogen-bond acceptors (Lipinski definition) is 3. The van der Waals surface area contributed by atoms with E-state index in [0.717, 1.165) is 5.57 Å². The van der Waals surface area contributed by atoms with Gasteiger partial charge in [0.25, 0.3) is 0 Å². The molecule has 0 bridgehead atoms. The van der Waals surface area contributed by atoms with Crippen LogP contribution in [0.1, 0.15) is 17.3 Å². The maximum atomic E-state index is 11.7. The van der Waals surface area contributed by atoms with E-state index in [4.69, 9.17) is 17.0 Å². The normalized spacial score (nSPS) is 9.63. The van der Waals surface area contributed by atoms with Crippen molar-refractivity contribution >= 4 is 29.0 Å². The summed E-state index contributed by atoms with van der Waals surface area (Å²) in [6.45, 7) is 6.32. The first-order valence-corrected chi connectivity index (χ1v) is 6.21. The molecule has 0 fully saturated rings. The Labute approximate surface area is 119 Å². The number of esters is 1. The number of benzene rings is 1. The minimum Gasteiger partial charge on any atom is -0.465 e. The smallest absolute Gasteiger partial charge is 0.339 e. The van der Waals surface area contributed by atoms with Crippen LogP contribution in [0.15, 0.2) is 36.4 Å². The first-order valence-electron chi connectivity index (χ1n) is 5.80. The third-order valence-electron chi connectivity index (χ3n) is 2.52. The highest BCUT2D eigenvalue weighted by Gasteiger charge is 2.16. The zero-order valence-electron chi connectivity index (χ0n) is 11.4. The topological polar surface area (TPSA) is 41.6 Å². The Balaban J connectivity index is 2.93. The van der Waals surface area contributed by atoms with Crippen molar-refractivity contribution in [2.75, 3.05) is 25.6 Å². The molecule has 4 nitrogen and oxygen atoms in total. The molecule has 0 unspecified atom stereocenters. The summed E-state index contributed by atoms with van der Waals surface area (Å²) in [4.78, 5) is 13.4. The van der Waals surface area contributed by atoms with E-state index >= 15 is 0 Å². The molecule has 0 saturated heterocycles. The van der Waals surface area contributed by atoms with Crippen LogP contribution in [0.2, 0.25) is 0 Å². The number of ether oxygens (including phenoxy) is 1. The Morgan fingerprint density at radius 2 is 2.11 bits per heavy atom. The lowest BCUT2D eigenvalue weighted by Crippen LogP contribution is -2.38. The zero-order chi connectivity index (χ0) is 14.4. The largest absolute Gasteiger partial charge is 0.465 e. The molecule has 1 aromatic carbocycles. The number of anilines is 1. The Morgan fingerprint density at radius 1 is 1.47 bits per heavy atom. The summed E-state index contributed by atoms with van der Waals surface area (Å²) in [6, 6.07) is 7.16. The molecule has 1 aromatic rings. The average Bonchev–Trinajstić information content (AvgIpc) is 2.42. The van der Waals surface area contributed by atoms with Crippen LogP contribution in [0, 0.1) is 0 Å². The van der Waals surface area contributed by atoms with Crippen molar-refractivity contribution in [2.45, 2.75) is 6.92 Å². The van der Waals surface area contributed by atoms with E-state index in [1.807, 2.05) is 19.1 Å². The van der Waals surface area contributed by atoms with Crippen LogP contribution in [0.4, 0.5) is 5.69 Å². The Morgan fingerprint density at radius 3 is 2.68 bits per heavy atom. The fourth-order valence-corrected chi connectivity index (χ4v) is 1.67. The predicted molar refractivity (Wildman–Crippen MR) is 81.6 cm³/mol. The van der Waals surface area contributed by atoms with Crippen LogP contribution < -0.4 is 10.2 Å². The summed E-state index contributed by atoms with van der Waals surface area (Å²) in [7, 11) is 3.16. The van der Waals surface area contributed by atoms with Crippen molar-refractivity contribution in [1.29, 1.82) is 0 Å². The molecule has 1 N–H and O–H groups in total. The van der Waals surface area contributed by atoms with Crippen LogP contribution >= 0.6 is 12.2 Å². The fraction of sp³-hybridized carbons (Fsp3) is 0.286. The van der Waals surface area contributed by atoms with Crippen molar-refractivity contribution < 1.29 is 9.53 Å². The standard InChI is InChI=1S/C14H18N2O2S/c1-10(2)9-15-14(19)16(3)12-8-6-5-7-11(12)13(17)18-4/h5-8H,1,9H2,2-4H3,(H,15,19). The molecule has 0 saturated carbocycles. The summed E-state index contributed by atoms with van der Waals surface area (Å²) in [5.41, 5.74) is 2.16. The van der Waals surface area contributed by atoms with Gasteiger partial charge in [0.15, 0.2) is 5.11 Å². The van der Waals surface area contributed by atoms with Crippen LogP contribution in [-0.4, -0.2) is 31.8 Å². The van der Waals surface area contributed by atoms with E-state index in [9.17, 15) is 4.79 Å². The Kier molecular flexibility index (Phi) is 5.51. The number of carbonyl (C=O) groups is 1. The predicted octanol–water partition coefficient (Wildman–Crippen LogP) is 2.36. The number of thiocarbonyl (C=S) groups is 1. The second-order valence-electron chi connectivity index (χ2n) is 4.18. The molecular formula is C14H18N2O2S. The molecule has 0 aliphatic rings. The third-order valence-corrected chi connectivity index (χ3v) is 2.93. The molecule has 0 amide bonds. The number of hydrogen-bond donors (Lipinski definition) is 1. The highest BCUT2D eigenvalue weighted by Crippen LogP contribution is 2.20. The molecule has 19 heavy (non-hydrogen) atoms. The number of rotatable bonds is 4. The van der Waals surface area contributed by atoms with Crippen LogP contribution in [0.25, 0.3) is 0 Å². The molecule has 5 heteroatoms. The van der Waals surface area contributed by atoms with Gasteiger partial charge >= 0.3 is 5.97 Å². The number of para-hydroxylation sites is 1. The SMILES string of the molecule is C=C(C)CNC(=S)N(C)c1ccccc1C(=O)OC. The lowest BCUT2D eigenvalue weighted by Gasteiger charge is -2.23. The van der Waals surface area contributed by atoms with Crippen molar-refractivity contribution in [2.24, 2.45) is 0 Å². The van der Waals surface area contributed by atoms with Gasteiger partial charge in [0.2, 0.25) is 0 Å². The summed E-state index contributed by atoms with van der Waals surface area (Å²) in [5, 5.41) is 3.60. The molecular weight excluding hydrogens is 260 g/mol. The zero-order valence-corrected chi connectivity index (χ0v) is 12.2. The van der Waals surface area contributed by atoms with Crippen molar-refractivity contribution in [1.82, 2.24) is 5.32 Å². The maximum absolute atomic E-state index is 11.7. The lowest BCUT2D eigenvalue weighted by atomic mass is 10.1. The molecule has 1 rings (SSSR count). The fourth-order valence-electron chi connectivity index (χ4n) is 1.50. The van der Waals surface area contributed by atoms with Crippen molar-refractivity contribution in [3.05, 3.63) is 42.0 Å². The summed E-state index contributed by atoms with van der Waals surface area (Å²) >= 11 is 5.28. The van der Waals surface area contributed by atoms with Crippen LogP contribution in [0.3, 0.4) is 0 Å². The van der Waals surface area contributed by atoms with E-state index < -0.39 is 0 Å². The highest BCUT2D eigenvalue weighted by molar-refractivity contribution is 7.80. The minimum absolute atomic E-state index is 0.384. The van der Waals surface area contributed by atoms with E-state index in [0.29, 0.717) is 22.9 Å². The lowest BCUT2D eigenvalue weighted by molar-refractivity contribution is 0.0601. The third kappa shape index (κ3) is 4.06. The first kappa shape index (κ1) is 15.2. The van der Waals surface area contributed by atoms with Crippen LogP contribution in [0.5, 0.6) is 0 Å². The molecule has 0 heterocycles. The van der Waals surface area contributed by atoms with Crippen molar-refractivity contribution in [3.63, 3.8) is 0 Å². The summed E-state index contributed by atoms with van der Waals surface area (Å²) in [6.07, 6.45) is 0. The minimum atomic E-state index is -0.384. The van der Waals surface area contributed by atoms with E-state index in [2.05, 4.69) is 11.9 Å². The van der Waals surface area contributed by atoms with Gasteiger partial charge in [-0.1, -0.05) is 24.3 Å². The summed E-state index contributed by atoms with van der Waals surface area (Å²) < 4.78 is 4.76. The quantitative estimate of drug-likeness (QED) is 0.520. The summed E-state index contributed by atoms with van der Waals surface area (Å²) in [5.74, 6) is -0.384. The van der Waals surface area contributed by atoms with Gasteiger partial charge in [0.1, 0.15) is 0 Å². The molecule has 0 radical (unpaired) electrons. The monoisotopic (exact) mass is 278 g/mol. The van der Waals surface area contributed by atoms with Gasteiger partial charge in [-0.05, 0) is 31.3 Å². The number of nitrogens with zero attached hydrogens (tertiary/aromatic N) is 1. The highest BCUT2D eigenvalue weighted by atomic mass is 32.1. The van der Waals surface area contributed by atoms with E-state index in [1.165, 1.54) is 7.11 Å². The van der Waals surface area contributed by atoms with E-state index in [-0.39, 0.29) is 5.97 Å².